The number of imidazole rings is 1. The number of aromatic amines is 1. The summed E-state index contributed by atoms with van der Waals surface area (Å²) in [5, 5.41) is 11.0. The van der Waals surface area contributed by atoms with Crippen LogP contribution < -0.4 is 10.8 Å². The maximum Gasteiger partial charge on any atom is 0.256 e. The van der Waals surface area contributed by atoms with Gasteiger partial charge in [0.1, 0.15) is 5.48 Å². The summed E-state index contributed by atoms with van der Waals surface area (Å²) in [5.41, 5.74) is 3.52. The molecule has 6 heteroatoms. The minimum absolute atomic E-state index is 0.120. The van der Waals surface area contributed by atoms with E-state index < -0.39 is 5.41 Å². The Kier molecular flexibility index (Phi) is 2.44. The van der Waals surface area contributed by atoms with E-state index in [1.807, 2.05) is 26.0 Å². The largest absolute Gasteiger partial charge is 0.338 e. The fraction of sp³-hybridized carbons (Fsp3) is 0.188. The summed E-state index contributed by atoms with van der Waals surface area (Å²) >= 11 is 0. The van der Waals surface area contributed by atoms with Gasteiger partial charge >= 0.3 is 0 Å². The quantitative estimate of drug-likeness (QED) is 0.756. The van der Waals surface area contributed by atoms with Crippen LogP contribution in [-0.2, 0) is 10.2 Å². The predicted molar refractivity (Wildman–Crippen MR) is 80.2 cm³/mol. The second-order valence-corrected chi connectivity index (χ2v) is 5.98. The van der Waals surface area contributed by atoms with Crippen LogP contribution in [0.4, 0.5) is 0 Å². The maximum absolute atomic E-state index is 12.0. The number of aromatic nitrogens is 2. The molecule has 4 rings (SSSR count). The molecule has 110 valence electrons. The first-order valence-corrected chi connectivity index (χ1v) is 6.96. The molecule has 1 aromatic carbocycles. The molecule has 3 heterocycles. The summed E-state index contributed by atoms with van der Waals surface area (Å²) < 4.78 is 0. The molecule has 2 N–H and O–H groups in total. The van der Waals surface area contributed by atoms with Gasteiger partial charge < -0.3 is 4.98 Å². The van der Waals surface area contributed by atoms with Crippen molar-refractivity contribution in [2.45, 2.75) is 19.3 Å². The number of hydrogen-bond acceptors (Lipinski definition) is 4. The fourth-order valence-electron chi connectivity index (χ4n) is 2.72. The first kappa shape index (κ1) is 13.0. The van der Waals surface area contributed by atoms with Crippen molar-refractivity contribution < 1.29 is 10.0 Å². The van der Waals surface area contributed by atoms with Gasteiger partial charge in [-0.2, -0.15) is 0 Å². The van der Waals surface area contributed by atoms with Gasteiger partial charge in [-0.05, 0) is 43.7 Å². The minimum Gasteiger partial charge on any atom is -0.338 e. The van der Waals surface area contributed by atoms with E-state index in [-0.39, 0.29) is 5.91 Å². The standard InChI is InChI=1S/C16H14N4O2/c1-16(2)10-7-12-13(8-11(10)19-15(16)21)18-14(17-12)9-3-5-20(22)6-4-9/h3-8,18,22H,1-2H3. The number of amides is 1. The Balaban J connectivity index is 1.97. The average Bonchev–Trinajstić information content (AvgIpc) is 2.98. The summed E-state index contributed by atoms with van der Waals surface area (Å²) in [6.45, 7) is 3.75. The number of rotatable bonds is 0. The van der Waals surface area contributed by atoms with E-state index in [0.717, 1.165) is 27.2 Å². The number of H-pyrrole nitrogens is 1. The zero-order chi connectivity index (χ0) is 15.5. The van der Waals surface area contributed by atoms with Gasteiger partial charge in [0, 0.05) is 18.0 Å². The molecule has 1 amide bonds. The van der Waals surface area contributed by atoms with Gasteiger partial charge in [0.05, 0.1) is 21.8 Å². The van der Waals surface area contributed by atoms with Crippen LogP contribution in [-0.4, -0.2) is 26.1 Å². The van der Waals surface area contributed by atoms with Crippen molar-refractivity contribution in [1.29, 1.82) is 0 Å². The summed E-state index contributed by atoms with van der Waals surface area (Å²) in [5.74, 6) is -0.120. The lowest BCUT2D eigenvalue weighted by molar-refractivity contribution is -0.121. The highest BCUT2D eigenvalue weighted by atomic mass is 16.5. The van der Waals surface area contributed by atoms with Crippen molar-refractivity contribution in [2.75, 3.05) is 0 Å². The Labute approximate surface area is 125 Å². The van der Waals surface area contributed by atoms with Crippen molar-refractivity contribution in [3.8, 4) is 0 Å². The van der Waals surface area contributed by atoms with E-state index in [1.165, 1.54) is 0 Å². The van der Waals surface area contributed by atoms with Crippen molar-refractivity contribution in [1.82, 2.24) is 15.0 Å². The van der Waals surface area contributed by atoms with Gasteiger partial charge in [-0.25, -0.2) is 15.0 Å². The molecule has 0 aliphatic carbocycles. The molecule has 22 heavy (non-hydrogen) atoms. The topological polar surface area (TPSA) is 81.6 Å². The number of hydroxylamine groups is 2. The summed E-state index contributed by atoms with van der Waals surface area (Å²) in [4.78, 5) is 23.9. The zero-order valence-electron chi connectivity index (χ0n) is 12.2. The third-order valence-corrected chi connectivity index (χ3v) is 4.12. The van der Waals surface area contributed by atoms with Gasteiger partial charge in [-0.1, -0.05) is 0 Å². The molecule has 6 nitrogen and oxygen atoms in total. The fourth-order valence-corrected chi connectivity index (χ4v) is 2.72. The molecular formula is C16H14N4O2. The molecule has 0 saturated carbocycles. The molecule has 0 bridgehead atoms. The number of benzene rings is 1. The van der Waals surface area contributed by atoms with Gasteiger partial charge in [0.25, 0.3) is 5.91 Å². The number of carbonyl (C=O) groups excluding carboxylic acids is 1. The number of hydrogen-bond donors (Lipinski definition) is 2. The number of nitrogens with zero attached hydrogens (tertiary/aromatic N) is 3. The van der Waals surface area contributed by atoms with Crippen LogP contribution in [0.25, 0.3) is 16.6 Å². The van der Waals surface area contributed by atoms with Crippen LogP contribution in [0.2, 0.25) is 0 Å². The highest BCUT2D eigenvalue weighted by Gasteiger charge is 2.35. The molecule has 0 unspecified atom stereocenters. The smallest absolute Gasteiger partial charge is 0.256 e. The number of allylic oxidation sites excluding steroid dienone is 2. The molecule has 0 atom stereocenters. The zero-order valence-corrected chi connectivity index (χ0v) is 12.2. The van der Waals surface area contributed by atoms with E-state index in [9.17, 15) is 10.0 Å². The summed E-state index contributed by atoms with van der Waals surface area (Å²) in [6.07, 6.45) is 6.62. The normalized spacial score (nSPS) is 19.0. The lowest BCUT2D eigenvalue weighted by atomic mass is 9.85. The van der Waals surface area contributed by atoms with Gasteiger partial charge in [0.2, 0.25) is 0 Å². The third-order valence-electron chi connectivity index (χ3n) is 4.12. The van der Waals surface area contributed by atoms with Gasteiger partial charge in [-0.3, -0.25) is 10.0 Å². The van der Waals surface area contributed by atoms with Gasteiger partial charge in [0.15, 0.2) is 0 Å². The van der Waals surface area contributed by atoms with Crippen LogP contribution in [0.1, 0.15) is 19.4 Å². The van der Waals surface area contributed by atoms with Crippen molar-refractivity contribution in [3.63, 3.8) is 0 Å². The Hall–Kier alpha value is -2.73. The van der Waals surface area contributed by atoms with E-state index in [0.29, 0.717) is 10.8 Å². The Morgan fingerprint density at radius 1 is 1.23 bits per heavy atom. The Morgan fingerprint density at radius 2 is 1.95 bits per heavy atom. The minimum atomic E-state index is -0.599. The second kappa shape index (κ2) is 4.14. The van der Waals surface area contributed by atoms with E-state index in [4.69, 9.17) is 0 Å². The molecule has 2 aliphatic heterocycles. The molecule has 0 radical (unpaired) electrons. The molecule has 0 saturated heterocycles. The molecule has 1 aromatic heterocycles. The summed E-state index contributed by atoms with van der Waals surface area (Å²) in [7, 11) is 0. The van der Waals surface area contributed by atoms with Crippen LogP contribution in [0, 0.1) is 0 Å². The number of nitrogens with one attached hydrogen (secondary N) is 1. The maximum atomic E-state index is 12.0. The lowest BCUT2D eigenvalue weighted by Gasteiger charge is -2.14. The lowest BCUT2D eigenvalue weighted by Crippen LogP contribution is -2.25. The first-order chi connectivity index (χ1) is 10.4. The molecule has 2 aliphatic rings. The van der Waals surface area contributed by atoms with Crippen LogP contribution in [0.15, 0.2) is 41.7 Å². The highest BCUT2D eigenvalue weighted by Crippen LogP contribution is 2.27. The van der Waals surface area contributed by atoms with Crippen molar-refractivity contribution in [2.24, 2.45) is 4.99 Å². The monoisotopic (exact) mass is 294 g/mol. The van der Waals surface area contributed by atoms with Gasteiger partial charge in [-0.15, -0.1) is 0 Å². The third kappa shape index (κ3) is 1.74. The first-order valence-electron chi connectivity index (χ1n) is 6.96. The van der Waals surface area contributed by atoms with E-state index >= 15 is 0 Å². The molecular weight excluding hydrogens is 280 g/mol. The molecule has 2 aromatic rings. The molecule has 0 spiro atoms. The van der Waals surface area contributed by atoms with E-state index in [2.05, 4.69) is 15.0 Å². The Morgan fingerprint density at radius 3 is 2.68 bits per heavy atom. The van der Waals surface area contributed by atoms with Crippen LogP contribution in [0.3, 0.4) is 0 Å². The SMILES string of the molecule is CC1(C)C(=O)N=c2cc3[nH]c(=C4C=CN(O)C=C4)nc3cc21. The molecule has 0 fully saturated rings. The van der Waals surface area contributed by atoms with E-state index in [1.54, 1.807) is 24.6 Å². The van der Waals surface area contributed by atoms with Crippen LogP contribution >= 0.6 is 0 Å². The number of fused-ring (bicyclic) bond motifs is 2. The Bertz CT molecular complexity index is 979. The average molecular weight is 294 g/mol. The van der Waals surface area contributed by atoms with Crippen molar-refractivity contribution >= 4 is 22.5 Å². The predicted octanol–water partition coefficient (Wildman–Crippen LogP) is 0.883. The second-order valence-electron chi connectivity index (χ2n) is 5.98. The van der Waals surface area contributed by atoms with Crippen molar-refractivity contribution in [3.05, 3.63) is 53.1 Å². The number of carbonyl (C=O) groups is 1. The highest BCUT2D eigenvalue weighted by molar-refractivity contribution is 5.92. The summed E-state index contributed by atoms with van der Waals surface area (Å²) in [6, 6.07) is 3.79. The van der Waals surface area contributed by atoms with Crippen LogP contribution in [0.5, 0.6) is 0 Å².